The molecule has 1 N–H and O–H groups in total. The van der Waals surface area contributed by atoms with Crippen molar-refractivity contribution in [2.45, 2.75) is 59.2 Å². The van der Waals surface area contributed by atoms with Crippen LogP contribution in [-0.4, -0.2) is 62.2 Å². The van der Waals surface area contributed by atoms with E-state index in [2.05, 4.69) is 5.32 Å². The van der Waals surface area contributed by atoms with Gasteiger partial charge in [-0.1, -0.05) is 60.2 Å². The molecule has 0 unspecified atom stereocenters. The maximum Gasteiger partial charge on any atom is 0.244 e. The number of benzene rings is 3. The van der Waals surface area contributed by atoms with Gasteiger partial charge < -0.3 is 19.7 Å². The molecule has 4 rings (SSSR count). The quantitative estimate of drug-likeness (QED) is 0.345. The molecule has 0 aromatic heterocycles. The van der Waals surface area contributed by atoms with E-state index in [1.165, 1.54) is 11.8 Å². The fraction of sp³-hybridized carbons (Fsp3) is 0.394. The predicted molar refractivity (Wildman–Crippen MR) is 168 cm³/mol. The first-order valence-corrected chi connectivity index (χ1v) is 16.1. The zero-order chi connectivity index (χ0) is 31.2. The van der Waals surface area contributed by atoms with Crippen molar-refractivity contribution in [2.24, 2.45) is 0 Å². The molecule has 230 valence electrons. The van der Waals surface area contributed by atoms with E-state index in [4.69, 9.17) is 9.47 Å². The molecule has 0 spiro atoms. The minimum absolute atomic E-state index is 0.120. The molecule has 9 nitrogen and oxygen atoms in total. The molecule has 1 aliphatic rings. The van der Waals surface area contributed by atoms with Crippen molar-refractivity contribution in [3.05, 3.63) is 89.5 Å². The summed E-state index contributed by atoms with van der Waals surface area (Å²) in [4.78, 5) is 29.7. The average Bonchev–Trinajstić information content (AvgIpc) is 2.97. The lowest BCUT2D eigenvalue weighted by Gasteiger charge is -2.35. The molecule has 0 bridgehead atoms. The Morgan fingerprint density at radius 2 is 1.56 bits per heavy atom. The van der Waals surface area contributed by atoms with Crippen molar-refractivity contribution in [1.29, 1.82) is 0 Å². The summed E-state index contributed by atoms with van der Waals surface area (Å²) >= 11 is 0. The van der Waals surface area contributed by atoms with E-state index in [0.717, 1.165) is 21.0 Å². The molecule has 10 heteroatoms. The topological polar surface area (TPSA) is 105 Å². The van der Waals surface area contributed by atoms with E-state index < -0.39 is 34.1 Å². The number of amides is 2. The van der Waals surface area contributed by atoms with Crippen LogP contribution in [0.4, 0.5) is 5.69 Å². The maximum absolute atomic E-state index is 14.3. The minimum Gasteiger partial charge on any atom is -0.486 e. The Balaban J connectivity index is 1.76. The van der Waals surface area contributed by atoms with E-state index in [-0.39, 0.29) is 30.3 Å². The molecule has 0 radical (unpaired) electrons. The van der Waals surface area contributed by atoms with E-state index >= 15 is 0 Å². The Labute approximate surface area is 254 Å². The van der Waals surface area contributed by atoms with Crippen LogP contribution < -0.4 is 19.1 Å². The number of nitrogens with zero attached hydrogens (tertiary/aromatic N) is 2. The van der Waals surface area contributed by atoms with Gasteiger partial charge in [0.15, 0.2) is 11.5 Å². The number of hydrogen-bond donors (Lipinski definition) is 1. The average molecular weight is 608 g/mol. The van der Waals surface area contributed by atoms with Crippen molar-refractivity contribution in [3.8, 4) is 11.5 Å². The second-order valence-electron chi connectivity index (χ2n) is 11.7. The van der Waals surface area contributed by atoms with Crippen LogP contribution in [0.1, 0.15) is 44.4 Å². The van der Waals surface area contributed by atoms with Gasteiger partial charge >= 0.3 is 0 Å². The van der Waals surface area contributed by atoms with Crippen LogP contribution in [0.3, 0.4) is 0 Å². The van der Waals surface area contributed by atoms with Gasteiger partial charge in [0.1, 0.15) is 25.8 Å². The molecule has 0 saturated carbocycles. The molecule has 3 aromatic rings. The highest BCUT2D eigenvalue weighted by atomic mass is 32.2. The summed E-state index contributed by atoms with van der Waals surface area (Å²) in [7, 11) is -3.89. The van der Waals surface area contributed by atoms with E-state index in [0.29, 0.717) is 24.7 Å². The zero-order valence-electron chi connectivity index (χ0n) is 25.5. The van der Waals surface area contributed by atoms with Gasteiger partial charge in [-0.3, -0.25) is 13.9 Å². The number of rotatable bonds is 11. The number of carbonyl (C=O) groups excluding carboxylic acids is 2. The summed E-state index contributed by atoms with van der Waals surface area (Å²) in [5, 5.41) is 3.04. The third-order valence-corrected chi connectivity index (χ3v) is 8.78. The largest absolute Gasteiger partial charge is 0.486 e. The summed E-state index contributed by atoms with van der Waals surface area (Å²) in [6, 6.07) is 21.1. The van der Waals surface area contributed by atoms with Gasteiger partial charge in [-0.15, -0.1) is 0 Å². The lowest BCUT2D eigenvalue weighted by atomic mass is 10.0. The third kappa shape index (κ3) is 8.50. The molecular weight excluding hydrogens is 566 g/mol. The lowest BCUT2D eigenvalue weighted by Crippen LogP contribution is -2.56. The number of nitrogens with one attached hydrogen (secondary N) is 1. The number of anilines is 1. The summed E-state index contributed by atoms with van der Waals surface area (Å²) in [5.41, 5.74) is 2.50. The van der Waals surface area contributed by atoms with Gasteiger partial charge in [0.05, 0.1) is 11.4 Å². The van der Waals surface area contributed by atoms with Crippen LogP contribution >= 0.6 is 0 Å². The molecule has 0 fully saturated rings. The van der Waals surface area contributed by atoms with Crippen molar-refractivity contribution in [2.75, 3.05) is 29.8 Å². The first-order chi connectivity index (χ1) is 20.4. The summed E-state index contributed by atoms with van der Waals surface area (Å²) < 4.78 is 39.2. The van der Waals surface area contributed by atoms with Crippen molar-refractivity contribution in [3.63, 3.8) is 0 Å². The maximum atomic E-state index is 14.3. The number of hydrogen-bond acceptors (Lipinski definition) is 6. The van der Waals surface area contributed by atoms with E-state index in [1.54, 1.807) is 18.2 Å². The molecule has 0 saturated heterocycles. The van der Waals surface area contributed by atoms with E-state index in [9.17, 15) is 18.0 Å². The molecule has 1 aliphatic heterocycles. The molecule has 1 heterocycles. The smallest absolute Gasteiger partial charge is 0.244 e. The van der Waals surface area contributed by atoms with Gasteiger partial charge in [0.2, 0.25) is 21.8 Å². The van der Waals surface area contributed by atoms with Gasteiger partial charge in [-0.2, -0.15) is 0 Å². The number of carbonyl (C=O) groups is 2. The second-order valence-corrected chi connectivity index (χ2v) is 13.9. The predicted octanol–water partition coefficient (Wildman–Crippen LogP) is 4.48. The molecule has 0 aliphatic carbocycles. The van der Waals surface area contributed by atoms with Crippen molar-refractivity contribution in [1.82, 2.24) is 10.2 Å². The van der Waals surface area contributed by atoms with Crippen molar-refractivity contribution >= 4 is 27.5 Å². The Morgan fingerprint density at radius 1 is 0.907 bits per heavy atom. The number of sulfonamides is 1. The standard InChI is InChI=1S/C33H41N3O6S/c1-6-43(39,40)36(27-16-17-29-30(21-27)42-19-18-41-29)23-31(37)35(22-26-14-12-24(2)13-15-26)28(32(38)34-33(3,4)5)20-25-10-8-7-9-11-25/h7-17,21,28H,6,18-20,22-23H2,1-5H3,(H,34,38)/t28-/m0/s1. The molecular formula is C33H41N3O6S. The fourth-order valence-electron chi connectivity index (χ4n) is 4.80. The lowest BCUT2D eigenvalue weighted by molar-refractivity contribution is -0.140. The van der Waals surface area contributed by atoms with Gasteiger partial charge in [-0.05, 0) is 57.9 Å². The Hall–Kier alpha value is -4.05. The SMILES string of the molecule is CCS(=O)(=O)N(CC(=O)N(Cc1ccc(C)cc1)[C@@H](Cc1ccccc1)C(=O)NC(C)(C)C)c1ccc2c(c1)OCCO2. The highest BCUT2D eigenvalue weighted by Crippen LogP contribution is 2.35. The number of ether oxygens (including phenoxy) is 2. The Bertz CT molecular complexity index is 1520. The molecule has 43 heavy (non-hydrogen) atoms. The first-order valence-electron chi connectivity index (χ1n) is 14.5. The molecule has 2 amide bonds. The van der Waals surface area contributed by atoms with Crippen LogP contribution in [0.2, 0.25) is 0 Å². The highest BCUT2D eigenvalue weighted by molar-refractivity contribution is 7.92. The second kappa shape index (κ2) is 13.5. The van der Waals surface area contributed by atoms with Crippen LogP contribution in [0.15, 0.2) is 72.8 Å². The van der Waals surface area contributed by atoms with Crippen molar-refractivity contribution < 1.29 is 27.5 Å². The molecule has 1 atom stereocenters. The third-order valence-electron chi connectivity index (χ3n) is 7.04. The Kier molecular flexibility index (Phi) is 10.0. The Morgan fingerprint density at radius 3 is 2.19 bits per heavy atom. The van der Waals surface area contributed by atoms with Crippen LogP contribution in [0, 0.1) is 6.92 Å². The summed E-state index contributed by atoms with van der Waals surface area (Å²) in [6.45, 7) is 9.52. The first kappa shape index (κ1) is 31.9. The summed E-state index contributed by atoms with van der Waals surface area (Å²) in [6.07, 6.45) is 0.255. The highest BCUT2D eigenvalue weighted by Gasteiger charge is 2.35. The normalized spacial score (nSPS) is 13.6. The minimum atomic E-state index is -3.89. The summed E-state index contributed by atoms with van der Waals surface area (Å²) in [5.74, 6) is -0.114. The van der Waals surface area contributed by atoms with Crippen LogP contribution in [0.25, 0.3) is 0 Å². The zero-order valence-corrected chi connectivity index (χ0v) is 26.3. The van der Waals surface area contributed by atoms with E-state index in [1.807, 2.05) is 82.3 Å². The number of fused-ring (bicyclic) bond motifs is 1. The van der Waals surface area contributed by atoms with Crippen LogP contribution in [-0.2, 0) is 32.6 Å². The fourth-order valence-corrected chi connectivity index (χ4v) is 5.86. The van der Waals surface area contributed by atoms with Gasteiger partial charge in [-0.25, -0.2) is 8.42 Å². The van der Waals surface area contributed by atoms with Gasteiger partial charge in [0.25, 0.3) is 0 Å². The number of aryl methyl sites for hydroxylation is 1. The van der Waals surface area contributed by atoms with Crippen LogP contribution in [0.5, 0.6) is 11.5 Å². The molecule has 3 aromatic carbocycles. The van der Waals surface area contributed by atoms with Gasteiger partial charge in [0, 0.05) is 24.6 Å². The monoisotopic (exact) mass is 607 g/mol.